The molecule has 1 aromatic heterocycles. The highest BCUT2D eigenvalue weighted by atomic mass is 32.2. The summed E-state index contributed by atoms with van der Waals surface area (Å²) in [6, 6.07) is 16.8. The summed E-state index contributed by atoms with van der Waals surface area (Å²) < 4.78 is 29.1. The second-order valence-electron chi connectivity index (χ2n) is 8.85. The molecule has 1 amide bonds. The molecule has 7 nitrogen and oxygen atoms in total. The van der Waals surface area contributed by atoms with Crippen LogP contribution >= 0.6 is 0 Å². The highest BCUT2D eigenvalue weighted by molar-refractivity contribution is 7.89. The van der Waals surface area contributed by atoms with Crippen LogP contribution in [0.1, 0.15) is 47.3 Å². The number of benzene rings is 2. The van der Waals surface area contributed by atoms with Crippen molar-refractivity contribution >= 4 is 15.9 Å². The van der Waals surface area contributed by atoms with Crippen molar-refractivity contribution in [2.45, 2.75) is 57.5 Å². The minimum absolute atomic E-state index is 0.110. The molecule has 0 unspecified atom stereocenters. The van der Waals surface area contributed by atoms with Gasteiger partial charge in [-0.15, -0.1) is 0 Å². The number of rotatable bonds is 8. The van der Waals surface area contributed by atoms with Crippen molar-refractivity contribution in [3.63, 3.8) is 0 Å². The fraction of sp³-hybridized carbons (Fsp3) is 0.385. The van der Waals surface area contributed by atoms with E-state index in [0.29, 0.717) is 26.2 Å². The smallest absolute Gasteiger partial charge is 0.243 e. The number of aromatic nitrogens is 2. The maximum absolute atomic E-state index is 12.8. The van der Waals surface area contributed by atoms with Gasteiger partial charge in [-0.25, -0.2) is 8.42 Å². The lowest BCUT2D eigenvalue weighted by atomic mass is 10.1. The van der Waals surface area contributed by atoms with Crippen LogP contribution in [0.5, 0.6) is 0 Å². The van der Waals surface area contributed by atoms with E-state index in [1.54, 1.807) is 28.6 Å². The van der Waals surface area contributed by atoms with Crippen LogP contribution in [0.25, 0.3) is 0 Å². The molecule has 3 aromatic rings. The van der Waals surface area contributed by atoms with Gasteiger partial charge in [-0.3, -0.25) is 9.48 Å². The van der Waals surface area contributed by atoms with Gasteiger partial charge in [-0.05, 0) is 49.9 Å². The van der Waals surface area contributed by atoms with E-state index in [0.717, 1.165) is 41.8 Å². The van der Waals surface area contributed by atoms with E-state index in [9.17, 15) is 13.2 Å². The standard InChI is InChI=1S/C26H32N4O3S/c1-20-25(21(2)30(28-20)19-23-9-5-3-6-10-23)18-27-26(31)17-22-11-13-24(14-12-22)34(32,33)29-15-7-4-8-16-29/h3,5-6,9-14H,4,7-8,15-19H2,1-2H3,(H,27,31). The molecule has 180 valence electrons. The van der Waals surface area contributed by atoms with Crippen LogP contribution in [-0.4, -0.2) is 41.5 Å². The van der Waals surface area contributed by atoms with Crippen LogP contribution in [0.15, 0.2) is 59.5 Å². The topological polar surface area (TPSA) is 84.3 Å². The lowest BCUT2D eigenvalue weighted by molar-refractivity contribution is -0.120. The van der Waals surface area contributed by atoms with Crippen molar-refractivity contribution in [2.24, 2.45) is 0 Å². The minimum Gasteiger partial charge on any atom is -0.352 e. The predicted octanol–water partition coefficient (Wildman–Crippen LogP) is 3.58. The molecule has 34 heavy (non-hydrogen) atoms. The van der Waals surface area contributed by atoms with Crippen LogP contribution in [0.4, 0.5) is 0 Å². The van der Waals surface area contributed by atoms with Crippen LogP contribution in [-0.2, 0) is 34.3 Å². The number of piperidine rings is 1. The summed E-state index contributed by atoms with van der Waals surface area (Å²) in [6.07, 6.45) is 3.08. The van der Waals surface area contributed by atoms with Gasteiger partial charge < -0.3 is 5.32 Å². The number of aryl methyl sites for hydroxylation is 1. The molecule has 1 fully saturated rings. The second-order valence-corrected chi connectivity index (χ2v) is 10.8. The maximum atomic E-state index is 12.8. The van der Waals surface area contributed by atoms with E-state index >= 15 is 0 Å². The Kier molecular flexibility index (Phi) is 7.48. The first-order chi connectivity index (χ1) is 16.3. The summed E-state index contributed by atoms with van der Waals surface area (Å²) in [6.45, 7) is 6.23. The maximum Gasteiger partial charge on any atom is 0.243 e. The Morgan fingerprint density at radius 1 is 0.941 bits per heavy atom. The Labute approximate surface area is 201 Å². The third-order valence-corrected chi connectivity index (χ3v) is 8.32. The molecule has 4 rings (SSSR count). The van der Waals surface area contributed by atoms with Crippen LogP contribution < -0.4 is 5.32 Å². The van der Waals surface area contributed by atoms with Gasteiger partial charge in [0.2, 0.25) is 15.9 Å². The molecule has 1 aliphatic rings. The van der Waals surface area contributed by atoms with Gasteiger partial charge in [-0.2, -0.15) is 9.40 Å². The van der Waals surface area contributed by atoms with Gasteiger partial charge in [0.1, 0.15) is 0 Å². The van der Waals surface area contributed by atoms with Crippen LogP contribution in [0, 0.1) is 13.8 Å². The average molecular weight is 481 g/mol. The van der Waals surface area contributed by atoms with E-state index < -0.39 is 10.0 Å². The fourth-order valence-corrected chi connectivity index (χ4v) is 5.89. The number of carbonyl (C=O) groups excluding carboxylic acids is 1. The molecule has 2 heterocycles. The average Bonchev–Trinajstić information content (AvgIpc) is 3.11. The molecule has 2 aromatic carbocycles. The van der Waals surface area contributed by atoms with Crippen LogP contribution in [0.2, 0.25) is 0 Å². The summed E-state index contributed by atoms with van der Waals surface area (Å²) in [5, 5.41) is 7.63. The molecule has 8 heteroatoms. The number of sulfonamides is 1. The molecule has 0 atom stereocenters. The monoisotopic (exact) mass is 480 g/mol. The molecule has 0 bridgehead atoms. The SMILES string of the molecule is Cc1nn(Cc2ccccc2)c(C)c1CNC(=O)Cc1ccc(S(=O)(=O)N2CCCCC2)cc1. The van der Waals surface area contributed by atoms with Crippen molar-refractivity contribution in [1.29, 1.82) is 0 Å². The molecule has 1 saturated heterocycles. The zero-order chi connectivity index (χ0) is 24.1. The molecule has 1 N–H and O–H groups in total. The summed E-state index contributed by atoms with van der Waals surface area (Å²) in [5.74, 6) is -0.110. The van der Waals surface area contributed by atoms with Crippen molar-refractivity contribution < 1.29 is 13.2 Å². The number of hydrogen-bond acceptors (Lipinski definition) is 4. The highest BCUT2D eigenvalue weighted by Gasteiger charge is 2.25. The molecular formula is C26H32N4O3S. The predicted molar refractivity (Wildman–Crippen MR) is 132 cm³/mol. The molecule has 0 radical (unpaired) electrons. The third kappa shape index (κ3) is 5.56. The lowest BCUT2D eigenvalue weighted by Gasteiger charge is -2.25. The van der Waals surface area contributed by atoms with Crippen molar-refractivity contribution in [3.8, 4) is 0 Å². The zero-order valence-corrected chi connectivity index (χ0v) is 20.6. The van der Waals surface area contributed by atoms with Crippen molar-refractivity contribution in [3.05, 3.63) is 82.7 Å². The van der Waals surface area contributed by atoms with Gasteiger partial charge in [-0.1, -0.05) is 48.9 Å². The minimum atomic E-state index is -3.46. The van der Waals surface area contributed by atoms with E-state index in [4.69, 9.17) is 0 Å². The first-order valence-electron chi connectivity index (χ1n) is 11.8. The Balaban J connectivity index is 1.34. The molecular weight excluding hydrogens is 448 g/mol. The van der Waals surface area contributed by atoms with Gasteiger partial charge in [0, 0.05) is 30.9 Å². The first kappa shape index (κ1) is 24.2. The zero-order valence-electron chi connectivity index (χ0n) is 19.8. The highest BCUT2D eigenvalue weighted by Crippen LogP contribution is 2.21. The van der Waals surface area contributed by atoms with Crippen molar-refractivity contribution in [2.75, 3.05) is 13.1 Å². The van der Waals surface area contributed by atoms with Gasteiger partial charge in [0.15, 0.2) is 0 Å². The molecule has 0 aliphatic carbocycles. The summed E-state index contributed by atoms with van der Waals surface area (Å²) in [4.78, 5) is 12.9. The largest absolute Gasteiger partial charge is 0.352 e. The third-order valence-electron chi connectivity index (χ3n) is 6.41. The van der Waals surface area contributed by atoms with Gasteiger partial charge in [0.25, 0.3) is 0 Å². The Bertz CT molecular complexity index is 1230. The number of nitrogens with zero attached hydrogens (tertiary/aromatic N) is 3. The normalized spacial score (nSPS) is 14.8. The number of nitrogens with one attached hydrogen (secondary N) is 1. The Morgan fingerprint density at radius 3 is 2.29 bits per heavy atom. The summed E-state index contributed by atoms with van der Waals surface area (Å²) in [5.41, 5.74) is 4.92. The summed E-state index contributed by atoms with van der Waals surface area (Å²) in [7, 11) is -3.46. The van der Waals surface area contributed by atoms with E-state index in [1.807, 2.05) is 36.7 Å². The van der Waals surface area contributed by atoms with E-state index in [1.165, 1.54) is 5.56 Å². The lowest BCUT2D eigenvalue weighted by Crippen LogP contribution is -2.35. The van der Waals surface area contributed by atoms with Crippen LogP contribution in [0.3, 0.4) is 0 Å². The number of carbonyl (C=O) groups is 1. The molecule has 1 aliphatic heterocycles. The van der Waals surface area contributed by atoms with E-state index in [-0.39, 0.29) is 17.2 Å². The second kappa shape index (κ2) is 10.5. The van der Waals surface area contributed by atoms with Crippen molar-refractivity contribution in [1.82, 2.24) is 19.4 Å². The van der Waals surface area contributed by atoms with E-state index in [2.05, 4.69) is 22.5 Å². The van der Waals surface area contributed by atoms with Gasteiger partial charge in [0.05, 0.1) is 23.6 Å². The number of amides is 1. The fourth-order valence-electron chi connectivity index (χ4n) is 4.37. The Hall–Kier alpha value is -2.97. The molecule has 0 saturated carbocycles. The van der Waals surface area contributed by atoms with Gasteiger partial charge >= 0.3 is 0 Å². The molecule has 0 spiro atoms. The summed E-state index contributed by atoms with van der Waals surface area (Å²) >= 11 is 0. The Morgan fingerprint density at radius 2 is 1.62 bits per heavy atom. The first-order valence-corrected chi connectivity index (χ1v) is 13.2. The quantitative estimate of drug-likeness (QED) is 0.534. The number of hydrogen-bond donors (Lipinski definition) is 1.